The van der Waals surface area contributed by atoms with Crippen LogP contribution in [0.25, 0.3) is 0 Å². The van der Waals surface area contributed by atoms with Crippen LogP contribution in [0.4, 0.5) is 4.79 Å². The number of aliphatic carboxylic acids is 1. The summed E-state index contributed by atoms with van der Waals surface area (Å²) in [6.45, 7) is 7.60. The van der Waals surface area contributed by atoms with Crippen LogP contribution in [0.2, 0.25) is 0 Å². The summed E-state index contributed by atoms with van der Waals surface area (Å²) in [7, 11) is 0. The highest BCUT2D eigenvalue weighted by molar-refractivity contribution is 5.81. The summed E-state index contributed by atoms with van der Waals surface area (Å²) in [5, 5.41) is 15.4. The second-order valence-electron chi connectivity index (χ2n) is 4.88. The van der Waals surface area contributed by atoms with Gasteiger partial charge in [0.25, 0.3) is 0 Å². The zero-order valence-electron chi connectivity index (χ0n) is 11.1. The van der Waals surface area contributed by atoms with Crippen molar-refractivity contribution in [3.8, 4) is 0 Å². The van der Waals surface area contributed by atoms with E-state index in [-0.39, 0.29) is 6.04 Å². The maximum Gasteiger partial charge on any atom is 0.315 e. The molecule has 0 radical (unpaired) electrons. The molecule has 17 heavy (non-hydrogen) atoms. The number of carbonyl (C=O) groups excluding carboxylic acids is 2. The number of carboxylic acids is 1. The highest BCUT2D eigenvalue weighted by Crippen LogP contribution is 2.07. The minimum absolute atomic E-state index is 0.0442. The Morgan fingerprint density at radius 3 is 2.12 bits per heavy atom. The molecule has 0 aromatic carbocycles. The molecule has 0 aliphatic carbocycles. The van der Waals surface area contributed by atoms with Gasteiger partial charge < -0.3 is 20.5 Å². The number of amides is 2. The summed E-state index contributed by atoms with van der Waals surface area (Å²) in [6, 6.07) is -1.39. The van der Waals surface area contributed by atoms with Gasteiger partial charge in [-0.2, -0.15) is 0 Å². The molecular weight excluding hydrogens is 220 g/mol. The Balaban J connectivity index is 3.76. The fraction of sp³-hybridized carbons (Fsp3) is 0.833. The first-order chi connectivity index (χ1) is 7.82. The van der Waals surface area contributed by atoms with Crippen LogP contribution in [0, 0.1) is 5.92 Å². The predicted molar refractivity (Wildman–Crippen MR) is 64.3 cm³/mol. The molecular formula is C12H23N2O3-. The van der Waals surface area contributed by atoms with Crippen LogP contribution in [0.3, 0.4) is 0 Å². The van der Waals surface area contributed by atoms with Crippen LogP contribution >= 0.6 is 0 Å². The predicted octanol–water partition coefficient (Wildman–Crippen LogP) is 0.639. The Morgan fingerprint density at radius 1 is 1.06 bits per heavy atom. The van der Waals surface area contributed by atoms with E-state index in [1.165, 1.54) is 6.92 Å². The molecule has 0 aromatic heterocycles. The lowest BCUT2D eigenvalue weighted by molar-refractivity contribution is -0.307. The van der Waals surface area contributed by atoms with E-state index in [0.717, 1.165) is 19.3 Å². The van der Waals surface area contributed by atoms with Crippen molar-refractivity contribution in [1.82, 2.24) is 10.6 Å². The van der Waals surface area contributed by atoms with Crippen molar-refractivity contribution in [2.24, 2.45) is 5.92 Å². The molecule has 2 N–H and O–H groups in total. The molecule has 0 aliphatic heterocycles. The molecule has 0 rings (SSSR count). The van der Waals surface area contributed by atoms with Crippen molar-refractivity contribution in [2.75, 3.05) is 0 Å². The third kappa shape index (κ3) is 8.54. The van der Waals surface area contributed by atoms with E-state index in [0.29, 0.717) is 5.92 Å². The van der Waals surface area contributed by atoms with E-state index in [1.807, 2.05) is 6.92 Å². The van der Waals surface area contributed by atoms with Gasteiger partial charge in [0.15, 0.2) is 0 Å². The molecule has 0 fully saturated rings. The molecule has 100 valence electrons. The smallest absolute Gasteiger partial charge is 0.315 e. The van der Waals surface area contributed by atoms with Gasteiger partial charge >= 0.3 is 6.03 Å². The van der Waals surface area contributed by atoms with Gasteiger partial charge in [-0.05, 0) is 26.2 Å². The second-order valence-corrected chi connectivity index (χ2v) is 4.88. The molecule has 0 heterocycles. The van der Waals surface area contributed by atoms with Crippen LogP contribution in [0.15, 0.2) is 0 Å². The van der Waals surface area contributed by atoms with Crippen LogP contribution in [-0.4, -0.2) is 24.1 Å². The SMILES string of the molecule is CC(C)CCC[C@H](C)NC(=O)N[C@@H](C)C(=O)[O-]. The fourth-order valence-electron chi connectivity index (χ4n) is 1.43. The maximum atomic E-state index is 11.4. The molecule has 0 aliphatic rings. The van der Waals surface area contributed by atoms with Crippen molar-refractivity contribution in [3.63, 3.8) is 0 Å². The van der Waals surface area contributed by atoms with Gasteiger partial charge in [0, 0.05) is 6.04 Å². The normalized spacial score (nSPS) is 14.2. The summed E-state index contributed by atoms with van der Waals surface area (Å²) >= 11 is 0. The summed E-state index contributed by atoms with van der Waals surface area (Å²) in [4.78, 5) is 21.8. The molecule has 5 heteroatoms. The summed E-state index contributed by atoms with van der Waals surface area (Å²) in [5.74, 6) is -0.623. The Hall–Kier alpha value is -1.26. The van der Waals surface area contributed by atoms with Crippen molar-refractivity contribution in [3.05, 3.63) is 0 Å². The molecule has 0 saturated heterocycles. The lowest BCUT2D eigenvalue weighted by Crippen LogP contribution is -2.50. The van der Waals surface area contributed by atoms with Gasteiger partial charge in [0.1, 0.15) is 0 Å². The van der Waals surface area contributed by atoms with Gasteiger partial charge in [0.05, 0.1) is 12.0 Å². The topological polar surface area (TPSA) is 81.3 Å². The highest BCUT2D eigenvalue weighted by atomic mass is 16.4. The lowest BCUT2D eigenvalue weighted by Gasteiger charge is -2.18. The quantitative estimate of drug-likeness (QED) is 0.688. The third-order valence-electron chi connectivity index (χ3n) is 2.50. The van der Waals surface area contributed by atoms with E-state index >= 15 is 0 Å². The molecule has 0 aromatic rings. The molecule has 0 unspecified atom stereocenters. The number of rotatable bonds is 7. The van der Waals surface area contributed by atoms with Crippen molar-refractivity contribution in [1.29, 1.82) is 0 Å². The molecule has 2 atom stereocenters. The minimum Gasteiger partial charge on any atom is -0.548 e. The van der Waals surface area contributed by atoms with Crippen LogP contribution in [0.1, 0.15) is 47.0 Å². The zero-order chi connectivity index (χ0) is 13.4. The van der Waals surface area contributed by atoms with Gasteiger partial charge in [-0.3, -0.25) is 0 Å². The van der Waals surface area contributed by atoms with Crippen LogP contribution < -0.4 is 15.7 Å². The molecule has 2 amide bonds. The zero-order valence-corrected chi connectivity index (χ0v) is 11.1. The molecule has 5 nitrogen and oxygen atoms in total. The lowest BCUT2D eigenvalue weighted by atomic mass is 10.0. The fourth-order valence-corrected chi connectivity index (χ4v) is 1.43. The Kier molecular flexibility index (Phi) is 7.34. The number of hydrogen-bond acceptors (Lipinski definition) is 3. The Bertz CT molecular complexity index is 254. The number of carbonyl (C=O) groups is 2. The number of urea groups is 1. The van der Waals surface area contributed by atoms with Gasteiger partial charge in [-0.15, -0.1) is 0 Å². The molecule has 0 bridgehead atoms. The van der Waals surface area contributed by atoms with E-state index in [4.69, 9.17) is 0 Å². The summed E-state index contributed by atoms with van der Waals surface area (Å²) in [5.41, 5.74) is 0. The molecule has 0 saturated carbocycles. The largest absolute Gasteiger partial charge is 0.548 e. The first kappa shape index (κ1) is 15.7. The highest BCUT2D eigenvalue weighted by Gasteiger charge is 2.10. The first-order valence-corrected chi connectivity index (χ1v) is 6.10. The van der Waals surface area contributed by atoms with Gasteiger partial charge in [-0.25, -0.2) is 4.79 Å². The number of carboxylic acid groups (broad SMARTS) is 1. The van der Waals surface area contributed by atoms with Crippen molar-refractivity contribution < 1.29 is 14.7 Å². The summed E-state index contributed by atoms with van der Waals surface area (Å²) < 4.78 is 0. The van der Waals surface area contributed by atoms with Gasteiger partial charge in [0.2, 0.25) is 0 Å². The molecule has 0 spiro atoms. The number of hydrogen-bond donors (Lipinski definition) is 2. The van der Waals surface area contributed by atoms with E-state index in [9.17, 15) is 14.7 Å². The number of nitrogens with one attached hydrogen (secondary N) is 2. The first-order valence-electron chi connectivity index (χ1n) is 6.10. The average Bonchev–Trinajstić information content (AvgIpc) is 2.16. The second kappa shape index (κ2) is 7.92. The van der Waals surface area contributed by atoms with Crippen molar-refractivity contribution in [2.45, 2.75) is 59.0 Å². The standard InChI is InChI=1S/C12H24N2O3/c1-8(2)6-5-7-9(3)13-12(17)14-10(4)11(15)16/h8-10H,5-7H2,1-4H3,(H,15,16)(H2,13,14,17)/p-1/t9-,10-/m0/s1. The maximum absolute atomic E-state index is 11.4. The van der Waals surface area contributed by atoms with Crippen LogP contribution in [0.5, 0.6) is 0 Å². The third-order valence-corrected chi connectivity index (χ3v) is 2.50. The minimum atomic E-state index is -1.28. The van der Waals surface area contributed by atoms with E-state index in [1.54, 1.807) is 0 Å². The van der Waals surface area contributed by atoms with Crippen molar-refractivity contribution >= 4 is 12.0 Å². The monoisotopic (exact) mass is 243 g/mol. The average molecular weight is 243 g/mol. The van der Waals surface area contributed by atoms with E-state index < -0.39 is 18.0 Å². The van der Waals surface area contributed by atoms with Gasteiger partial charge in [-0.1, -0.05) is 26.7 Å². The Morgan fingerprint density at radius 2 is 1.65 bits per heavy atom. The Labute approximate surface area is 103 Å². The van der Waals surface area contributed by atoms with E-state index in [2.05, 4.69) is 24.5 Å². The van der Waals surface area contributed by atoms with Crippen LogP contribution in [-0.2, 0) is 4.79 Å². The summed E-state index contributed by atoms with van der Waals surface area (Å²) in [6.07, 6.45) is 3.07.